The Bertz CT molecular complexity index is 340. The molecule has 1 aliphatic heterocycles. The van der Waals surface area contributed by atoms with E-state index >= 15 is 0 Å². The minimum Gasteiger partial charge on any atom is -0.390 e. The molecule has 0 atom stereocenters. The van der Waals surface area contributed by atoms with Crippen molar-refractivity contribution in [2.45, 2.75) is 19.4 Å². The fourth-order valence-corrected chi connectivity index (χ4v) is 1.96. The van der Waals surface area contributed by atoms with Crippen LogP contribution in [0.25, 0.3) is 0 Å². The lowest BCUT2D eigenvalue weighted by Gasteiger charge is -2.31. The van der Waals surface area contributed by atoms with Crippen LogP contribution in [0.5, 0.6) is 0 Å². The molecule has 2 heterocycles. The van der Waals surface area contributed by atoms with Crippen molar-refractivity contribution in [3.05, 3.63) is 18.1 Å². The van der Waals surface area contributed by atoms with Crippen molar-refractivity contribution in [2.24, 2.45) is 5.92 Å². The Hall–Kier alpha value is -1.23. The number of halogens is 1. The number of rotatable bonds is 3. The highest BCUT2D eigenvalue weighted by molar-refractivity contribution is 5.39. The van der Waals surface area contributed by atoms with Crippen molar-refractivity contribution in [2.75, 3.05) is 24.7 Å². The number of hydrogen-bond donors (Lipinski definition) is 1. The molecule has 0 radical (unpaired) electrons. The summed E-state index contributed by atoms with van der Waals surface area (Å²) < 4.78 is 12.4. The second-order valence-electron chi connectivity index (χ2n) is 4.11. The van der Waals surface area contributed by atoms with E-state index < -0.39 is 0 Å². The highest BCUT2D eigenvalue weighted by atomic mass is 19.1. The Labute approximate surface area is 94.1 Å². The van der Waals surface area contributed by atoms with Gasteiger partial charge in [-0.25, -0.2) is 9.97 Å². The Morgan fingerprint density at radius 1 is 1.38 bits per heavy atom. The summed E-state index contributed by atoms with van der Waals surface area (Å²) in [6, 6.07) is 1.79. The number of aromatic nitrogens is 2. The number of hydrogen-bond acceptors (Lipinski definition) is 4. The molecular formula is C11H16FN3O. The van der Waals surface area contributed by atoms with Crippen LogP contribution in [0.3, 0.4) is 0 Å². The summed E-state index contributed by atoms with van der Waals surface area (Å²) in [6.07, 6.45) is 3.20. The summed E-state index contributed by atoms with van der Waals surface area (Å²) in [6.45, 7) is 1.36. The van der Waals surface area contributed by atoms with E-state index in [1.54, 1.807) is 6.07 Å². The summed E-state index contributed by atoms with van der Waals surface area (Å²) in [5.41, 5.74) is 0.623. The van der Waals surface area contributed by atoms with Gasteiger partial charge in [-0.15, -0.1) is 0 Å². The molecule has 2 rings (SSSR count). The van der Waals surface area contributed by atoms with Gasteiger partial charge in [0.15, 0.2) is 0 Å². The van der Waals surface area contributed by atoms with Crippen molar-refractivity contribution in [1.82, 2.24) is 9.97 Å². The highest BCUT2D eigenvalue weighted by Crippen LogP contribution is 2.21. The van der Waals surface area contributed by atoms with Crippen LogP contribution in [-0.2, 0) is 6.61 Å². The lowest BCUT2D eigenvalue weighted by atomic mass is 9.98. The number of alkyl halides is 1. The molecule has 4 nitrogen and oxygen atoms in total. The highest BCUT2D eigenvalue weighted by Gasteiger charge is 2.20. The van der Waals surface area contributed by atoms with Crippen LogP contribution in [0.4, 0.5) is 10.2 Å². The zero-order valence-electron chi connectivity index (χ0n) is 9.14. The van der Waals surface area contributed by atoms with E-state index in [0.717, 1.165) is 31.7 Å². The smallest absolute Gasteiger partial charge is 0.132 e. The van der Waals surface area contributed by atoms with E-state index in [-0.39, 0.29) is 19.2 Å². The molecule has 1 aliphatic rings. The molecule has 0 aromatic carbocycles. The van der Waals surface area contributed by atoms with Gasteiger partial charge in [0, 0.05) is 19.2 Å². The molecule has 0 amide bonds. The van der Waals surface area contributed by atoms with Crippen LogP contribution >= 0.6 is 0 Å². The molecule has 0 saturated carbocycles. The summed E-state index contributed by atoms with van der Waals surface area (Å²) in [5.74, 6) is 1.03. The number of piperidine rings is 1. The Kier molecular flexibility index (Phi) is 3.66. The molecule has 1 fully saturated rings. The normalized spacial score (nSPS) is 17.8. The quantitative estimate of drug-likeness (QED) is 0.838. The fourth-order valence-electron chi connectivity index (χ4n) is 1.96. The average Bonchev–Trinajstić information content (AvgIpc) is 2.39. The summed E-state index contributed by atoms with van der Waals surface area (Å²) in [5, 5.41) is 8.98. The van der Waals surface area contributed by atoms with E-state index in [1.165, 1.54) is 6.33 Å². The van der Waals surface area contributed by atoms with Gasteiger partial charge in [-0.05, 0) is 18.8 Å². The minimum atomic E-state index is -0.223. The van der Waals surface area contributed by atoms with Crippen LogP contribution in [0.1, 0.15) is 18.5 Å². The maximum atomic E-state index is 12.4. The molecule has 1 N–H and O–H groups in total. The topological polar surface area (TPSA) is 49.2 Å². The van der Waals surface area contributed by atoms with Crippen molar-refractivity contribution in [3.63, 3.8) is 0 Å². The first-order chi connectivity index (χ1) is 7.83. The van der Waals surface area contributed by atoms with Gasteiger partial charge in [0.05, 0.1) is 19.0 Å². The Balaban J connectivity index is 2.02. The molecule has 88 valence electrons. The van der Waals surface area contributed by atoms with Crippen LogP contribution in [-0.4, -0.2) is 34.8 Å². The van der Waals surface area contributed by atoms with Crippen LogP contribution < -0.4 is 4.90 Å². The third-order valence-corrected chi connectivity index (χ3v) is 3.03. The maximum Gasteiger partial charge on any atom is 0.132 e. The van der Waals surface area contributed by atoms with Gasteiger partial charge >= 0.3 is 0 Å². The number of anilines is 1. The zero-order valence-corrected chi connectivity index (χ0v) is 9.14. The zero-order chi connectivity index (χ0) is 11.4. The molecule has 0 bridgehead atoms. The number of aliphatic hydroxyl groups is 1. The van der Waals surface area contributed by atoms with Crippen LogP contribution in [0.2, 0.25) is 0 Å². The standard InChI is InChI=1S/C11H16FN3O/c12-6-9-1-3-15(4-2-9)11-5-10(7-16)13-8-14-11/h5,8-9,16H,1-4,6-7H2. The van der Waals surface area contributed by atoms with Gasteiger partial charge in [0.25, 0.3) is 0 Å². The molecule has 0 unspecified atom stereocenters. The summed E-state index contributed by atoms with van der Waals surface area (Å²) in [4.78, 5) is 10.2. The third kappa shape index (κ3) is 2.47. The fraction of sp³-hybridized carbons (Fsp3) is 0.636. The van der Waals surface area contributed by atoms with Crippen molar-refractivity contribution >= 4 is 5.82 Å². The lowest BCUT2D eigenvalue weighted by Crippen LogP contribution is -2.34. The molecule has 1 saturated heterocycles. The molecule has 16 heavy (non-hydrogen) atoms. The minimum absolute atomic E-state index is 0.0730. The van der Waals surface area contributed by atoms with Crippen molar-refractivity contribution in [3.8, 4) is 0 Å². The summed E-state index contributed by atoms with van der Waals surface area (Å²) >= 11 is 0. The summed E-state index contributed by atoms with van der Waals surface area (Å²) in [7, 11) is 0. The van der Waals surface area contributed by atoms with Gasteiger partial charge < -0.3 is 10.0 Å². The van der Waals surface area contributed by atoms with Crippen LogP contribution in [0, 0.1) is 5.92 Å². The van der Waals surface area contributed by atoms with E-state index in [9.17, 15) is 4.39 Å². The largest absolute Gasteiger partial charge is 0.390 e. The Morgan fingerprint density at radius 3 is 2.75 bits per heavy atom. The Morgan fingerprint density at radius 2 is 2.12 bits per heavy atom. The average molecular weight is 225 g/mol. The molecular weight excluding hydrogens is 209 g/mol. The second kappa shape index (κ2) is 5.21. The van der Waals surface area contributed by atoms with E-state index in [1.807, 2.05) is 0 Å². The SMILES string of the molecule is OCc1cc(N2CCC(CF)CC2)ncn1. The third-order valence-electron chi connectivity index (χ3n) is 3.03. The number of aliphatic hydroxyl groups excluding tert-OH is 1. The van der Waals surface area contributed by atoms with E-state index in [2.05, 4.69) is 14.9 Å². The second-order valence-corrected chi connectivity index (χ2v) is 4.11. The van der Waals surface area contributed by atoms with Crippen LogP contribution in [0.15, 0.2) is 12.4 Å². The first-order valence-corrected chi connectivity index (χ1v) is 5.56. The maximum absolute atomic E-state index is 12.4. The molecule has 5 heteroatoms. The molecule has 0 spiro atoms. The predicted octanol–water partition coefficient (Wildman–Crippen LogP) is 1.15. The molecule has 1 aromatic rings. The van der Waals surface area contributed by atoms with Gasteiger partial charge in [0.1, 0.15) is 12.1 Å². The van der Waals surface area contributed by atoms with E-state index in [4.69, 9.17) is 5.11 Å². The predicted molar refractivity (Wildman–Crippen MR) is 58.9 cm³/mol. The van der Waals surface area contributed by atoms with Gasteiger partial charge in [0.2, 0.25) is 0 Å². The molecule has 0 aliphatic carbocycles. The van der Waals surface area contributed by atoms with E-state index in [0.29, 0.717) is 5.69 Å². The van der Waals surface area contributed by atoms with Gasteiger partial charge in [-0.1, -0.05) is 0 Å². The first kappa shape index (κ1) is 11.3. The lowest BCUT2D eigenvalue weighted by molar-refractivity contribution is 0.276. The van der Waals surface area contributed by atoms with Gasteiger partial charge in [-0.2, -0.15) is 0 Å². The monoisotopic (exact) mass is 225 g/mol. The molecule has 1 aromatic heterocycles. The van der Waals surface area contributed by atoms with Crippen molar-refractivity contribution < 1.29 is 9.50 Å². The number of nitrogens with zero attached hydrogens (tertiary/aromatic N) is 3. The van der Waals surface area contributed by atoms with Crippen molar-refractivity contribution in [1.29, 1.82) is 0 Å². The first-order valence-electron chi connectivity index (χ1n) is 5.56. The van der Waals surface area contributed by atoms with Gasteiger partial charge in [-0.3, -0.25) is 4.39 Å².